The first-order chi connectivity index (χ1) is 4.18. The van der Waals surface area contributed by atoms with E-state index in [2.05, 4.69) is 30.9 Å². The van der Waals surface area contributed by atoms with E-state index in [-0.39, 0.29) is 0 Å². The monoisotopic (exact) mass is 126 g/mol. The first-order valence-corrected chi connectivity index (χ1v) is 3.21. The molecule has 0 spiro atoms. The third kappa shape index (κ3) is 1.00. The van der Waals surface area contributed by atoms with Crippen molar-refractivity contribution in [1.82, 2.24) is 10.2 Å². The lowest BCUT2D eigenvalue weighted by molar-refractivity contribution is 0.390. The zero-order chi connectivity index (χ0) is 7.02. The molecule has 1 rings (SSSR count). The van der Waals surface area contributed by atoms with Crippen LogP contribution in [0.25, 0.3) is 0 Å². The number of rotatable bonds is 2. The van der Waals surface area contributed by atoms with Gasteiger partial charge in [0.1, 0.15) is 0 Å². The number of nitrogens with one attached hydrogen (secondary N) is 1. The van der Waals surface area contributed by atoms with Gasteiger partial charge in [0.15, 0.2) is 0 Å². The van der Waals surface area contributed by atoms with Gasteiger partial charge in [0.2, 0.25) is 0 Å². The lowest BCUT2D eigenvalue weighted by Crippen LogP contribution is -2.23. The summed E-state index contributed by atoms with van der Waals surface area (Å²) in [5.41, 5.74) is 1.31. The van der Waals surface area contributed by atoms with Crippen LogP contribution in [0.1, 0.15) is 0 Å². The number of likely N-dealkylation sites (N-methyl/N-ethyl adjacent to an activating group) is 2. The van der Waals surface area contributed by atoms with Crippen LogP contribution in [0, 0.1) is 0 Å². The lowest BCUT2D eigenvalue weighted by atomic mass is 10.6. The summed E-state index contributed by atoms with van der Waals surface area (Å²) in [5, 5.41) is 3.18. The molecule has 1 aliphatic rings. The summed E-state index contributed by atoms with van der Waals surface area (Å²) in [6, 6.07) is 1.12. The molecule has 0 radical (unpaired) electrons. The van der Waals surface area contributed by atoms with Gasteiger partial charge in [-0.3, -0.25) is 0 Å². The molecule has 0 heterocycles. The van der Waals surface area contributed by atoms with Crippen LogP contribution in [0.2, 0.25) is 0 Å². The zero-order valence-electron chi connectivity index (χ0n) is 6.31. The zero-order valence-corrected chi connectivity index (χ0v) is 6.31. The molecular weight excluding hydrogens is 112 g/mol. The van der Waals surface area contributed by atoms with Crippen molar-refractivity contribution in [2.24, 2.45) is 0 Å². The average Bonchev–Trinajstić information content (AvgIpc) is 2.40. The van der Waals surface area contributed by atoms with Crippen molar-refractivity contribution in [2.45, 2.75) is 12.1 Å². The largest absolute Gasteiger partial charge is 0.312 e. The minimum atomic E-state index is 0.542. The highest BCUT2D eigenvalue weighted by atomic mass is 15.2. The Hall–Kier alpha value is -0.340. The van der Waals surface area contributed by atoms with Crippen molar-refractivity contribution in [2.75, 3.05) is 21.1 Å². The Balaban J connectivity index is 2.42. The minimum absolute atomic E-state index is 0.542. The molecular formula is C7H14N2. The summed E-state index contributed by atoms with van der Waals surface area (Å²) >= 11 is 0. The van der Waals surface area contributed by atoms with Gasteiger partial charge in [-0.25, -0.2) is 0 Å². The maximum Gasteiger partial charge on any atom is 0.0508 e. The highest BCUT2D eigenvalue weighted by molar-refractivity contribution is 5.36. The maximum absolute atomic E-state index is 3.92. The van der Waals surface area contributed by atoms with Gasteiger partial charge in [0, 0.05) is 6.04 Å². The summed E-state index contributed by atoms with van der Waals surface area (Å²) in [4.78, 5) is 2.18. The molecule has 0 bridgehead atoms. The quantitative estimate of drug-likeness (QED) is 0.527. The molecule has 1 saturated carbocycles. The fourth-order valence-corrected chi connectivity index (χ4v) is 1.27. The van der Waals surface area contributed by atoms with Gasteiger partial charge in [0.25, 0.3) is 0 Å². The summed E-state index contributed by atoms with van der Waals surface area (Å²) in [5.74, 6) is 0. The Morgan fingerprint density at radius 1 is 1.56 bits per heavy atom. The van der Waals surface area contributed by atoms with Crippen LogP contribution >= 0.6 is 0 Å². The summed E-state index contributed by atoms with van der Waals surface area (Å²) in [6.07, 6.45) is 0. The Morgan fingerprint density at radius 3 is 2.22 bits per heavy atom. The Morgan fingerprint density at radius 2 is 2.11 bits per heavy atom. The third-order valence-electron chi connectivity index (χ3n) is 1.85. The second-order valence-corrected chi connectivity index (χ2v) is 2.75. The molecule has 0 aromatic rings. The Kier molecular flexibility index (Phi) is 1.60. The molecule has 2 unspecified atom stereocenters. The fourth-order valence-electron chi connectivity index (χ4n) is 1.27. The topological polar surface area (TPSA) is 15.3 Å². The Labute approximate surface area is 56.5 Å². The van der Waals surface area contributed by atoms with Gasteiger partial charge in [-0.15, -0.1) is 0 Å². The fraction of sp³-hybridized carbons (Fsp3) is 0.714. The lowest BCUT2D eigenvalue weighted by Gasteiger charge is -2.06. The highest BCUT2D eigenvalue weighted by Gasteiger charge is 2.42. The van der Waals surface area contributed by atoms with Crippen molar-refractivity contribution in [3.05, 3.63) is 12.2 Å². The molecule has 0 aromatic carbocycles. The molecule has 52 valence electrons. The standard InChI is InChI=1S/C7H14N2/c1-5-6(8-2)7(5)9(3)4/h6-8H,1H2,2-4H3. The number of hydrogen-bond acceptors (Lipinski definition) is 2. The van der Waals surface area contributed by atoms with Crippen molar-refractivity contribution in [3.8, 4) is 0 Å². The van der Waals surface area contributed by atoms with Crippen molar-refractivity contribution in [3.63, 3.8) is 0 Å². The van der Waals surface area contributed by atoms with Crippen LogP contribution in [-0.2, 0) is 0 Å². The van der Waals surface area contributed by atoms with E-state index in [0.29, 0.717) is 12.1 Å². The van der Waals surface area contributed by atoms with E-state index in [1.807, 2.05) is 7.05 Å². The van der Waals surface area contributed by atoms with Crippen LogP contribution < -0.4 is 5.32 Å². The van der Waals surface area contributed by atoms with E-state index in [1.54, 1.807) is 0 Å². The number of nitrogens with zero attached hydrogens (tertiary/aromatic N) is 1. The molecule has 0 aromatic heterocycles. The third-order valence-corrected chi connectivity index (χ3v) is 1.85. The molecule has 2 nitrogen and oxygen atoms in total. The van der Waals surface area contributed by atoms with Crippen molar-refractivity contribution >= 4 is 0 Å². The van der Waals surface area contributed by atoms with Gasteiger partial charge < -0.3 is 10.2 Å². The SMILES string of the molecule is C=C1C(NC)C1N(C)C. The summed E-state index contributed by atoms with van der Waals surface area (Å²) in [7, 11) is 6.12. The van der Waals surface area contributed by atoms with E-state index >= 15 is 0 Å². The van der Waals surface area contributed by atoms with Gasteiger partial charge >= 0.3 is 0 Å². The van der Waals surface area contributed by atoms with Crippen molar-refractivity contribution < 1.29 is 0 Å². The first kappa shape index (κ1) is 6.78. The molecule has 1 aliphatic carbocycles. The first-order valence-electron chi connectivity index (χ1n) is 3.21. The summed E-state index contributed by atoms with van der Waals surface area (Å²) < 4.78 is 0. The highest BCUT2D eigenvalue weighted by Crippen LogP contribution is 2.31. The smallest absolute Gasteiger partial charge is 0.0508 e. The average molecular weight is 126 g/mol. The summed E-state index contributed by atoms with van der Waals surface area (Å²) in [6.45, 7) is 3.92. The van der Waals surface area contributed by atoms with Crippen LogP contribution in [0.3, 0.4) is 0 Å². The number of hydrogen-bond donors (Lipinski definition) is 1. The molecule has 0 aliphatic heterocycles. The second-order valence-electron chi connectivity index (χ2n) is 2.75. The maximum atomic E-state index is 3.92. The van der Waals surface area contributed by atoms with Crippen molar-refractivity contribution in [1.29, 1.82) is 0 Å². The second kappa shape index (κ2) is 2.12. The predicted octanol–water partition coefficient (Wildman–Crippen LogP) is 0.0744. The van der Waals surface area contributed by atoms with E-state index in [1.165, 1.54) is 5.57 Å². The van der Waals surface area contributed by atoms with E-state index in [9.17, 15) is 0 Å². The van der Waals surface area contributed by atoms with Gasteiger partial charge in [-0.05, 0) is 26.7 Å². The van der Waals surface area contributed by atoms with Gasteiger partial charge in [-0.2, -0.15) is 0 Å². The van der Waals surface area contributed by atoms with Crippen LogP contribution in [0.4, 0.5) is 0 Å². The molecule has 2 heteroatoms. The van der Waals surface area contributed by atoms with Crippen LogP contribution in [0.5, 0.6) is 0 Å². The van der Waals surface area contributed by atoms with E-state index < -0.39 is 0 Å². The molecule has 0 saturated heterocycles. The molecule has 2 atom stereocenters. The van der Waals surface area contributed by atoms with E-state index in [4.69, 9.17) is 0 Å². The molecule has 1 fully saturated rings. The molecule has 1 N–H and O–H groups in total. The van der Waals surface area contributed by atoms with Gasteiger partial charge in [-0.1, -0.05) is 6.58 Å². The molecule has 9 heavy (non-hydrogen) atoms. The Bertz CT molecular complexity index is 129. The normalized spacial score (nSPS) is 33.6. The van der Waals surface area contributed by atoms with Crippen LogP contribution in [0.15, 0.2) is 12.2 Å². The van der Waals surface area contributed by atoms with Gasteiger partial charge in [0.05, 0.1) is 6.04 Å². The minimum Gasteiger partial charge on any atom is -0.312 e. The van der Waals surface area contributed by atoms with Crippen LogP contribution in [-0.4, -0.2) is 38.1 Å². The molecule has 0 amide bonds. The predicted molar refractivity (Wildman–Crippen MR) is 39.5 cm³/mol. The van der Waals surface area contributed by atoms with E-state index in [0.717, 1.165) is 0 Å².